The molecule has 3 amide bonds. The molecule has 6 nitrogen and oxygen atoms in total. The first kappa shape index (κ1) is 23.3. The lowest BCUT2D eigenvalue weighted by Gasteiger charge is -2.15. The summed E-state index contributed by atoms with van der Waals surface area (Å²) in [4.78, 5) is 29.0. The van der Waals surface area contributed by atoms with Crippen molar-refractivity contribution in [3.63, 3.8) is 0 Å². The molecule has 1 aromatic heterocycles. The minimum absolute atomic E-state index is 0.177. The van der Waals surface area contributed by atoms with Gasteiger partial charge in [0, 0.05) is 29.1 Å². The highest BCUT2D eigenvalue weighted by molar-refractivity contribution is 6.30. The minimum Gasteiger partial charge on any atom is -0.345 e. The Morgan fingerprint density at radius 1 is 0.938 bits per heavy atom. The van der Waals surface area contributed by atoms with Crippen LogP contribution in [-0.4, -0.2) is 16.9 Å². The number of hydrogen-bond donors (Lipinski definition) is 3. The van der Waals surface area contributed by atoms with E-state index in [9.17, 15) is 9.59 Å². The molecule has 7 heteroatoms. The quantitative estimate of drug-likeness (QED) is 0.433. The molecule has 0 saturated carbocycles. The molecule has 0 bridgehead atoms. The first-order chi connectivity index (χ1) is 15.3. The van der Waals surface area contributed by atoms with Gasteiger partial charge in [0.2, 0.25) is 0 Å². The van der Waals surface area contributed by atoms with Gasteiger partial charge in [-0.05, 0) is 60.4 Å². The van der Waals surface area contributed by atoms with Crippen LogP contribution in [0.15, 0.2) is 66.9 Å². The summed E-state index contributed by atoms with van der Waals surface area (Å²) in [5, 5.41) is 9.23. The van der Waals surface area contributed by atoms with Crippen LogP contribution in [0.5, 0.6) is 0 Å². The van der Waals surface area contributed by atoms with Crippen LogP contribution in [0, 0.1) is 0 Å². The maximum absolute atomic E-state index is 12.5. The van der Waals surface area contributed by atoms with Crippen LogP contribution in [0.1, 0.15) is 59.9 Å². The Kier molecular flexibility index (Phi) is 7.84. The fourth-order valence-electron chi connectivity index (χ4n) is 3.06. The fraction of sp³-hybridized carbons (Fsp3) is 0.240. The molecule has 0 aliphatic rings. The summed E-state index contributed by atoms with van der Waals surface area (Å²) in [6, 6.07) is 17.8. The molecular weight excluding hydrogens is 424 g/mol. The first-order valence-electron chi connectivity index (χ1n) is 10.5. The summed E-state index contributed by atoms with van der Waals surface area (Å²) >= 11 is 5.87. The van der Waals surface area contributed by atoms with Crippen molar-refractivity contribution in [3.8, 4) is 0 Å². The summed E-state index contributed by atoms with van der Waals surface area (Å²) in [6.45, 7) is 6.43. The number of carbonyl (C=O) groups is 2. The van der Waals surface area contributed by atoms with E-state index in [0.29, 0.717) is 28.7 Å². The van der Waals surface area contributed by atoms with Gasteiger partial charge in [-0.3, -0.25) is 9.78 Å². The number of hydrogen-bond acceptors (Lipinski definition) is 3. The van der Waals surface area contributed by atoms with Gasteiger partial charge in [-0.25, -0.2) is 4.79 Å². The normalized spacial score (nSPS) is 11.7. The molecule has 3 aromatic rings. The third-order valence-corrected chi connectivity index (χ3v) is 5.27. The maximum atomic E-state index is 12.5. The SMILES string of the molecule is CC(C)c1ccc(C(=O)N[C@@H](C)c2ccc(NC(=O)NCc3ccc(Cl)cc3)cc2)cn1. The van der Waals surface area contributed by atoms with Gasteiger partial charge in [-0.15, -0.1) is 0 Å². The zero-order valence-electron chi connectivity index (χ0n) is 18.4. The molecule has 0 unspecified atom stereocenters. The van der Waals surface area contributed by atoms with Crippen molar-refractivity contribution in [3.05, 3.63) is 94.3 Å². The highest BCUT2D eigenvalue weighted by atomic mass is 35.5. The van der Waals surface area contributed by atoms with E-state index in [-0.39, 0.29) is 18.0 Å². The van der Waals surface area contributed by atoms with Gasteiger partial charge < -0.3 is 16.0 Å². The molecule has 166 valence electrons. The Labute approximate surface area is 193 Å². The Hall–Kier alpha value is -3.38. The molecule has 3 N–H and O–H groups in total. The van der Waals surface area contributed by atoms with E-state index in [1.807, 2.05) is 37.3 Å². The predicted molar refractivity (Wildman–Crippen MR) is 128 cm³/mol. The number of amides is 3. The van der Waals surface area contributed by atoms with Crippen LogP contribution in [0.4, 0.5) is 10.5 Å². The molecule has 0 aliphatic heterocycles. The van der Waals surface area contributed by atoms with E-state index in [0.717, 1.165) is 16.8 Å². The zero-order chi connectivity index (χ0) is 23.1. The average molecular weight is 451 g/mol. The maximum Gasteiger partial charge on any atom is 0.319 e. The third-order valence-electron chi connectivity index (χ3n) is 5.02. The summed E-state index contributed by atoms with van der Waals surface area (Å²) in [5.74, 6) is 0.141. The first-order valence-corrected chi connectivity index (χ1v) is 10.9. The number of carbonyl (C=O) groups excluding carboxylic acids is 2. The van der Waals surface area contributed by atoms with E-state index in [2.05, 4.69) is 34.8 Å². The van der Waals surface area contributed by atoms with Crippen molar-refractivity contribution >= 4 is 29.2 Å². The van der Waals surface area contributed by atoms with E-state index in [1.54, 1.807) is 36.5 Å². The van der Waals surface area contributed by atoms with Gasteiger partial charge >= 0.3 is 6.03 Å². The van der Waals surface area contributed by atoms with Crippen molar-refractivity contribution < 1.29 is 9.59 Å². The largest absolute Gasteiger partial charge is 0.345 e. The van der Waals surface area contributed by atoms with Gasteiger partial charge in [-0.1, -0.05) is 49.7 Å². The van der Waals surface area contributed by atoms with Gasteiger partial charge in [0.1, 0.15) is 0 Å². The number of nitrogens with one attached hydrogen (secondary N) is 3. The summed E-state index contributed by atoms with van der Waals surface area (Å²) in [7, 11) is 0. The standard InChI is InChI=1S/C25H27ClN4O2/c1-16(2)23-13-8-20(15-27-23)24(31)29-17(3)19-6-11-22(12-7-19)30-25(32)28-14-18-4-9-21(26)10-5-18/h4-13,15-17H,14H2,1-3H3,(H,29,31)(H2,28,30,32)/t17-/m0/s1. The van der Waals surface area contributed by atoms with Crippen molar-refractivity contribution in [2.75, 3.05) is 5.32 Å². The highest BCUT2D eigenvalue weighted by Crippen LogP contribution is 2.17. The summed E-state index contributed by atoms with van der Waals surface area (Å²) < 4.78 is 0. The second kappa shape index (κ2) is 10.8. The van der Waals surface area contributed by atoms with Crippen LogP contribution in [0.2, 0.25) is 5.02 Å². The molecule has 3 rings (SSSR count). The number of nitrogens with zero attached hydrogens (tertiary/aromatic N) is 1. The topological polar surface area (TPSA) is 83.1 Å². The molecule has 0 spiro atoms. The molecule has 0 saturated heterocycles. The number of halogens is 1. The van der Waals surface area contributed by atoms with Gasteiger partial charge in [0.15, 0.2) is 0 Å². The molecule has 2 aromatic carbocycles. The number of rotatable bonds is 7. The van der Waals surface area contributed by atoms with Crippen LogP contribution in [0.25, 0.3) is 0 Å². The highest BCUT2D eigenvalue weighted by Gasteiger charge is 2.13. The fourth-order valence-corrected chi connectivity index (χ4v) is 3.19. The molecule has 0 radical (unpaired) electrons. The van der Waals surface area contributed by atoms with E-state index in [1.165, 1.54) is 0 Å². The molecule has 0 fully saturated rings. The van der Waals surface area contributed by atoms with Gasteiger partial charge in [0.25, 0.3) is 5.91 Å². The second-order valence-corrected chi connectivity index (χ2v) is 8.31. The lowest BCUT2D eigenvalue weighted by Crippen LogP contribution is -2.28. The van der Waals surface area contributed by atoms with Crippen molar-refractivity contribution in [1.29, 1.82) is 0 Å². The van der Waals surface area contributed by atoms with Crippen molar-refractivity contribution in [1.82, 2.24) is 15.6 Å². The predicted octanol–water partition coefficient (Wildman–Crippen LogP) is 5.67. The van der Waals surface area contributed by atoms with Crippen molar-refractivity contribution in [2.45, 2.75) is 39.3 Å². The number of anilines is 1. The van der Waals surface area contributed by atoms with Crippen LogP contribution in [0.3, 0.4) is 0 Å². The van der Waals surface area contributed by atoms with E-state index >= 15 is 0 Å². The van der Waals surface area contributed by atoms with E-state index in [4.69, 9.17) is 11.6 Å². The number of benzene rings is 2. The zero-order valence-corrected chi connectivity index (χ0v) is 19.1. The van der Waals surface area contributed by atoms with Crippen LogP contribution < -0.4 is 16.0 Å². The second-order valence-electron chi connectivity index (χ2n) is 7.88. The molecular formula is C25H27ClN4O2. The molecule has 1 heterocycles. The lowest BCUT2D eigenvalue weighted by molar-refractivity contribution is 0.0939. The Morgan fingerprint density at radius 2 is 1.62 bits per heavy atom. The van der Waals surface area contributed by atoms with Crippen LogP contribution >= 0.6 is 11.6 Å². The lowest BCUT2D eigenvalue weighted by atomic mass is 10.1. The monoisotopic (exact) mass is 450 g/mol. The molecule has 1 atom stereocenters. The average Bonchev–Trinajstić information content (AvgIpc) is 2.79. The van der Waals surface area contributed by atoms with Crippen molar-refractivity contribution in [2.24, 2.45) is 0 Å². The third kappa shape index (κ3) is 6.56. The van der Waals surface area contributed by atoms with E-state index < -0.39 is 0 Å². The number of urea groups is 1. The molecule has 32 heavy (non-hydrogen) atoms. The van der Waals surface area contributed by atoms with Crippen LogP contribution in [-0.2, 0) is 6.54 Å². The molecule has 0 aliphatic carbocycles. The smallest absolute Gasteiger partial charge is 0.319 e. The summed E-state index contributed by atoms with van der Waals surface area (Å²) in [6.07, 6.45) is 1.60. The van der Waals surface area contributed by atoms with Gasteiger partial charge in [-0.2, -0.15) is 0 Å². The Morgan fingerprint density at radius 3 is 2.22 bits per heavy atom. The number of aromatic nitrogens is 1. The minimum atomic E-state index is -0.300. The Bertz CT molecular complexity index is 1050. The summed E-state index contributed by atoms with van der Waals surface area (Å²) in [5.41, 5.74) is 4.02. The number of pyridine rings is 1. The Balaban J connectivity index is 1.50. The van der Waals surface area contributed by atoms with Gasteiger partial charge in [0.05, 0.1) is 11.6 Å².